The molecule has 0 saturated heterocycles. The van der Waals surface area contributed by atoms with Crippen LogP contribution < -0.4 is 10.1 Å². The van der Waals surface area contributed by atoms with Crippen LogP contribution in [-0.2, 0) is 0 Å². The number of rotatable bonds is 7. The highest BCUT2D eigenvalue weighted by Crippen LogP contribution is 2.26. The van der Waals surface area contributed by atoms with Crippen molar-refractivity contribution < 1.29 is 4.74 Å². The highest BCUT2D eigenvalue weighted by molar-refractivity contribution is 7.99. The number of hydrogen-bond acceptors (Lipinski definition) is 3. The summed E-state index contributed by atoms with van der Waals surface area (Å²) in [6.45, 7) is 10.4. The van der Waals surface area contributed by atoms with Crippen LogP contribution in [0.4, 0.5) is 0 Å². The second-order valence-electron chi connectivity index (χ2n) is 5.04. The third kappa shape index (κ3) is 4.54. The number of ether oxygens (including phenoxy) is 1. The van der Waals surface area contributed by atoms with Crippen molar-refractivity contribution in [2.24, 2.45) is 0 Å². The number of para-hydroxylation sites is 1. The molecule has 0 spiro atoms. The highest BCUT2D eigenvalue weighted by atomic mass is 32.2. The predicted molar refractivity (Wildman–Crippen MR) is 81.6 cm³/mol. The molecule has 1 unspecified atom stereocenters. The second-order valence-corrected chi connectivity index (χ2v) is 6.55. The molecule has 1 aromatic carbocycles. The number of benzene rings is 1. The molecule has 0 amide bonds. The molecule has 2 nitrogen and oxygen atoms in total. The third-order valence-corrected chi connectivity index (χ3v) is 4.32. The van der Waals surface area contributed by atoms with Crippen LogP contribution in [0, 0.1) is 0 Å². The Kier molecular flexibility index (Phi) is 6.03. The van der Waals surface area contributed by atoms with E-state index in [0.29, 0.717) is 12.6 Å². The average Bonchev–Trinajstić information content (AvgIpc) is 2.37. The summed E-state index contributed by atoms with van der Waals surface area (Å²) in [4.78, 5) is 0. The van der Waals surface area contributed by atoms with Crippen molar-refractivity contribution in [2.75, 3.05) is 19.4 Å². The van der Waals surface area contributed by atoms with Gasteiger partial charge in [-0.25, -0.2) is 0 Å². The van der Waals surface area contributed by atoms with Gasteiger partial charge in [-0.2, -0.15) is 11.8 Å². The molecule has 0 fully saturated rings. The van der Waals surface area contributed by atoms with Gasteiger partial charge in [0, 0.05) is 22.9 Å². The van der Waals surface area contributed by atoms with Crippen molar-refractivity contribution in [3.8, 4) is 5.75 Å². The van der Waals surface area contributed by atoms with Crippen LogP contribution in [0.1, 0.15) is 39.3 Å². The van der Waals surface area contributed by atoms with Gasteiger partial charge in [0.25, 0.3) is 0 Å². The molecular formula is C15H25NOS. The van der Waals surface area contributed by atoms with Crippen LogP contribution in [0.5, 0.6) is 5.75 Å². The molecular weight excluding hydrogens is 242 g/mol. The van der Waals surface area contributed by atoms with Crippen LogP contribution in [0.2, 0.25) is 0 Å². The van der Waals surface area contributed by atoms with Gasteiger partial charge >= 0.3 is 0 Å². The van der Waals surface area contributed by atoms with Gasteiger partial charge in [-0.05, 0) is 40.0 Å². The monoisotopic (exact) mass is 267 g/mol. The average molecular weight is 267 g/mol. The topological polar surface area (TPSA) is 21.3 Å². The van der Waals surface area contributed by atoms with E-state index in [-0.39, 0.29) is 4.75 Å². The van der Waals surface area contributed by atoms with Crippen LogP contribution in [0.25, 0.3) is 0 Å². The molecule has 1 N–H and O–H groups in total. The Morgan fingerprint density at radius 2 is 2.00 bits per heavy atom. The zero-order valence-corrected chi connectivity index (χ0v) is 12.9. The maximum absolute atomic E-state index is 5.67. The fourth-order valence-electron chi connectivity index (χ4n) is 1.71. The van der Waals surface area contributed by atoms with Gasteiger partial charge in [-0.3, -0.25) is 0 Å². The molecule has 0 radical (unpaired) electrons. The quantitative estimate of drug-likeness (QED) is 0.810. The van der Waals surface area contributed by atoms with Crippen molar-refractivity contribution in [1.29, 1.82) is 0 Å². The van der Waals surface area contributed by atoms with Crippen molar-refractivity contribution in [2.45, 2.75) is 38.5 Å². The summed E-state index contributed by atoms with van der Waals surface area (Å²) in [5.41, 5.74) is 1.23. The normalized spacial score (nSPS) is 13.4. The molecule has 1 atom stereocenters. The van der Waals surface area contributed by atoms with Crippen LogP contribution in [0.15, 0.2) is 24.3 Å². The smallest absolute Gasteiger partial charge is 0.124 e. The summed E-state index contributed by atoms with van der Waals surface area (Å²) in [5.74, 6) is 0.988. The van der Waals surface area contributed by atoms with E-state index in [9.17, 15) is 0 Å². The van der Waals surface area contributed by atoms with Crippen molar-refractivity contribution in [1.82, 2.24) is 5.32 Å². The first-order valence-electron chi connectivity index (χ1n) is 6.50. The summed E-state index contributed by atoms with van der Waals surface area (Å²) in [7, 11) is 0. The first-order chi connectivity index (χ1) is 8.50. The van der Waals surface area contributed by atoms with Crippen LogP contribution in [-0.4, -0.2) is 24.2 Å². The first-order valence-corrected chi connectivity index (χ1v) is 7.73. The number of hydrogen-bond donors (Lipinski definition) is 1. The largest absolute Gasteiger partial charge is 0.494 e. The van der Waals surface area contributed by atoms with Gasteiger partial charge in [-0.1, -0.05) is 18.2 Å². The van der Waals surface area contributed by atoms with Gasteiger partial charge in [0.2, 0.25) is 0 Å². The maximum atomic E-state index is 5.67. The lowest BCUT2D eigenvalue weighted by Crippen LogP contribution is -2.33. The van der Waals surface area contributed by atoms with Gasteiger partial charge in [0.1, 0.15) is 5.75 Å². The molecule has 102 valence electrons. The predicted octanol–water partition coefficient (Wildman–Crippen LogP) is 3.88. The molecule has 0 aliphatic carbocycles. The van der Waals surface area contributed by atoms with E-state index in [1.54, 1.807) is 0 Å². The highest BCUT2D eigenvalue weighted by Gasteiger charge is 2.18. The Morgan fingerprint density at radius 3 is 2.61 bits per heavy atom. The van der Waals surface area contributed by atoms with E-state index >= 15 is 0 Å². The minimum atomic E-state index is 0.259. The fourth-order valence-corrected chi connectivity index (χ4v) is 1.93. The van der Waals surface area contributed by atoms with E-state index in [2.05, 4.69) is 44.5 Å². The molecule has 0 heterocycles. The maximum Gasteiger partial charge on any atom is 0.124 e. The molecule has 1 rings (SSSR count). The Morgan fingerprint density at radius 1 is 1.33 bits per heavy atom. The van der Waals surface area contributed by atoms with Gasteiger partial charge in [0.05, 0.1) is 6.61 Å². The Labute approximate surface area is 116 Å². The lowest BCUT2D eigenvalue weighted by atomic mass is 10.1. The van der Waals surface area contributed by atoms with Gasteiger partial charge in [-0.15, -0.1) is 0 Å². The fraction of sp³-hybridized carbons (Fsp3) is 0.600. The van der Waals surface area contributed by atoms with Crippen LogP contribution >= 0.6 is 11.8 Å². The molecule has 1 aromatic rings. The Balaban J connectivity index is 2.69. The standard InChI is InChI=1S/C15H25NOS/c1-6-17-14-10-8-7-9-13(14)12(2)16-11-15(3,4)18-5/h7-10,12,16H,6,11H2,1-5H3. The summed E-state index contributed by atoms with van der Waals surface area (Å²) < 4.78 is 5.93. The molecule has 0 saturated carbocycles. The Bertz CT molecular complexity index is 365. The van der Waals surface area contributed by atoms with Gasteiger partial charge in [0.15, 0.2) is 0 Å². The van der Waals surface area contributed by atoms with Gasteiger partial charge < -0.3 is 10.1 Å². The summed E-state index contributed by atoms with van der Waals surface area (Å²) >= 11 is 1.88. The van der Waals surface area contributed by atoms with Crippen molar-refractivity contribution in [3.05, 3.63) is 29.8 Å². The zero-order valence-electron chi connectivity index (χ0n) is 12.1. The molecule has 0 aliphatic rings. The van der Waals surface area contributed by atoms with E-state index in [0.717, 1.165) is 12.3 Å². The second kappa shape index (κ2) is 7.05. The summed E-state index contributed by atoms with van der Waals surface area (Å²) in [6.07, 6.45) is 2.15. The lowest BCUT2D eigenvalue weighted by Gasteiger charge is -2.26. The minimum absolute atomic E-state index is 0.259. The SMILES string of the molecule is CCOc1ccccc1C(C)NCC(C)(C)SC. The van der Waals surface area contributed by atoms with E-state index < -0.39 is 0 Å². The van der Waals surface area contributed by atoms with Crippen molar-refractivity contribution in [3.63, 3.8) is 0 Å². The molecule has 3 heteroatoms. The first kappa shape index (κ1) is 15.4. The third-order valence-electron chi connectivity index (χ3n) is 3.07. The number of nitrogens with one attached hydrogen (secondary N) is 1. The van der Waals surface area contributed by atoms with E-state index in [4.69, 9.17) is 4.74 Å². The molecule has 18 heavy (non-hydrogen) atoms. The Hall–Kier alpha value is -0.670. The van der Waals surface area contributed by atoms with Crippen LogP contribution in [0.3, 0.4) is 0 Å². The summed E-state index contributed by atoms with van der Waals surface area (Å²) in [5, 5.41) is 3.59. The van der Waals surface area contributed by atoms with E-state index in [1.165, 1.54) is 5.56 Å². The molecule has 0 bridgehead atoms. The molecule has 0 aliphatic heterocycles. The lowest BCUT2D eigenvalue weighted by molar-refractivity contribution is 0.332. The number of thioether (sulfide) groups is 1. The van der Waals surface area contributed by atoms with Crippen molar-refractivity contribution >= 4 is 11.8 Å². The van der Waals surface area contributed by atoms with E-state index in [1.807, 2.05) is 30.8 Å². The zero-order chi connectivity index (χ0) is 13.6. The summed E-state index contributed by atoms with van der Waals surface area (Å²) in [6, 6.07) is 8.56. The minimum Gasteiger partial charge on any atom is -0.494 e. The molecule has 0 aromatic heterocycles.